The molecule has 0 spiro atoms. The first-order valence-corrected chi connectivity index (χ1v) is 12.3. The van der Waals surface area contributed by atoms with E-state index in [1.807, 2.05) is 6.07 Å². The summed E-state index contributed by atoms with van der Waals surface area (Å²) >= 11 is 0. The molecular formula is C28H39N3O. The van der Waals surface area contributed by atoms with Gasteiger partial charge in [0, 0.05) is 31.4 Å². The summed E-state index contributed by atoms with van der Waals surface area (Å²) in [6.45, 7) is 10.6. The van der Waals surface area contributed by atoms with Gasteiger partial charge in [0.15, 0.2) is 0 Å². The molecule has 1 saturated heterocycles. The monoisotopic (exact) mass is 433 g/mol. The van der Waals surface area contributed by atoms with Crippen LogP contribution in [0.25, 0.3) is 0 Å². The van der Waals surface area contributed by atoms with Gasteiger partial charge in [-0.1, -0.05) is 56.2 Å². The van der Waals surface area contributed by atoms with Gasteiger partial charge in [0.2, 0.25) is 5.91 Å². The van der Waals surface area contributed by atoms with Crippen molar-refractivity contribution >= 4 is 11.6 Å². The molecular weight excluding hydrogens is 394 g/mol. The minimum absolute atomic E-state index is 0.194. The van der Waals surface area contributed by atoms with Gasteiger partial charge in [0.1, 0.15) is 0 Å². The quantitative estimate of drug-likeness (QED) is 0.622. The van der Waals surface area contributed by atoms with Crippen molar-refractivity contribution in [3.05, 3.63) is 65.2 Å². The van der Waals surface area contributed by atoms with E-state index >= 15 is 0 Å². The van der Waals surface area contributed by atoms with Gasteiger partial charge in [-0.05, 0) is 74.4 Å². The van der Waals surface area contributed by atoms with Crippen LogP contribution in [0.4, 0.5) is 5.69 Å². The molecule has 4 rings (SSSR count). The van der Waals surface area contributed by atoms with Crippen LogP contribution < -0.4 is 10.6 Å². The van der Waals surface area contributed by atoms with Gasteiger partial charge in [0.05, 0.1) is 5.41 Å². The van der Waals surface area contributed by atoms with E-state index in [1.165, 1.54) is 16.7 Å². The first-order chi connectivity index (χ1) is 15.4. The van der Waals surface area contributed by atoms with Crippen molar-refractivity contribution in [1.29, 1.82) is 0 Å². The molecule has 4 heteroatoms. The molecule has 1 heterocycles. The van der Waals surface area contributed by atoms with E-state index in [-0.39, 0.29) is 11.3 Å². The van der Waals surface area contributed by atoms with Crippen LogP contribution in [-0.4, -0.2) is 36.5 Å². The molecule has 1 aliphatic heterocycles. The fourth-order valence-electron chi connectivity index (χ4n) is 5.47. The molecule has 1 aliphatic carbocycles. The molecule has 2 aromatic rings. The lowest BCUT2D eigenvalue weighted by molar-refractivity contribution is -0.125. The highest BCUT2D eigenvalue weighted by molar-refractivity contribution is 5.95. The number of amides is 1. The summed E-state index contributed by atoms with van der Waals surface area (Å²) in [5, 5.41) is 7.08. The predicted octanol–water partition coefficient (Wildman–Crippen LogP) is 5.30. The molecule has 1 amide bonds. The smallest absolute Gasteiger partial charge is 0.231 e. The minimum Gasteiger partial charge on any atom is -0.326 e. The van der Waals surface area contributed by atoms with Gasteiger partial charge < -0.3 is 10.6 Å². The summed E-state index contributed by atoms with van der Waals surface area (Å²) in [6, 6.07) is 17.4. The van der Waals surface area contributed by atoms with Gasteiger partial charge in [-0.2, -0.15) is 0 Å². The van der Waals surface area contributed by atoms with E-state index in [0.717, 1.165) is 64.0 Å². The second-order valence-corrected chi connectivity index (χ2v) is 10.2. The van der Waals surface area contributed by atoms with Crippen LogP contribution >= 0.6 is 0 Å². The topological polar surface area (TPSA) is 44.4 Å². The SMILES string of the molecule is Cc1ccc(NC(=O)C2(CNC3CCN(Cc4ccccc4)CC3C)CCCC2)cc1C. The number of hydrogen-bond donors (Lipinski definition) is 2. The highest BCUT2D eigenvalue weighted by Crippen LogP contribution is 2.39. The Morgan fingerprint density at radius 1 is 1.06 bits per heavy atom. The van der Waals surface area contributed by atoms with Crippen LogP contribution in [0.15, 0.2) is 48.5 Å². The van der Waals surface area contributed by atoms with Crippen LogP contribution in [0.3, 0.4) is 0 Å². The van der Waals surface area contributed by atoms with Gasteiger partial charge in [-0.3, -0.25) is 9.69 Å². The highest BCUT2D eigenvalue weighted by Gasteiger charge is 2.42. The zero-order valence-electron chi connectivity index (χ0n) is 20.0. The third-order valence-corrected chi connectivity index (χ3v) is 7.75. The van der Waals surface area contributed by atoms with Crippen LogP contribution in [0.5, 0.6) is 0 Å². The second kappa shape index (κ2) is 10.2. The molecule has 0 aromatic heterocycles. The Kier molecular flexibility index (Phi) is 7.32. The number of rotatable bonds is 7. The van der Waals surface area contributed by atoms with Gasteiger partial charge in [-0.15, -0.1) is 0 Å². The third kappa shape index (κ3) is 5.41. The van der Waals surface area contributed by atoms with E-state index in [0.29, 0.717) is 12.0 Å². The molecule has 2 atom stereocenters. The maximum absolute atomic E-state index is 13.4. The van der Waals surface area contributed by atoms with Crippen molar-refractivity contribution in [2.24, 2.45) is 11.3 Å². The Labute approximate surface area is 193 Å². The molecule has 32 heavy (non-hydrogen) atoms. The summed E-state index contributed by atoms with van der Waals surface area (Å²) < 4.78 is 0. The van der Waals surface area contributed by atoms with Crippen LogP contribution in [-0.2, 0) is 11.3 Å². The van der Waals surface area contributed by atoms with Crippen LogP contribution in [0.2, 0.25) is 0 Å². The fraction of sp³-hybridized carbons (Fsp3) is 0.536. The third-order valence-electron chi connectivity index (χ3n) is 7.75. The molecule has 2 fully saturated rings. The number of piperidine rings is 1. The molecule has 1 saturated carbocycles. The Morgan fingerprint density at radius 3 is 2.50 bits per heavy atom. The average Bonchev–Trinajstić information content (AvgIpc) is 3.27. The largest absolute Gasteiger partial charge is 0.326 e. The predicted molar refractivity (Wildman–Crippen MR) is 133 cm³/mol. The van der Waals surface area contributed by atoms with Gasteiger partial charge in [-0.25, -0.2) is 0 Å². The van der Waals surface area contributed by atoms with Crippen molar-refractivity contribution < 1.29 is 4.79 Å². The molecule has 0 bridgehead atoms. The number of benzene rings is 2. The van der Waals surface area contributed by atoms with Crippen molar-refractivity contribution in [3.63, 3.8) is 0 Å². The van der Waals surface area contributed by atoms with E-state index in [9.17, 15) is 4.79 Å². The Hall–Kier alpha value is -2.17. The summed E-state index contributed by atoms with van der Waals surface area (Å²) in [7, 11) is 0. The van der Waals surface area contributed by atoms with Crippen LogP contribution in [0.1, 0.15) is 55.7 Å². The number of nitrogens with zero attached hydrogens (tertiary/aromatic N) is 1. The number of aryl methyl sites for hydroxylation is 2. The number of carbonyl (C=O) groups excluding carboxylic acids is 1. The summed E-state index contributed by atoms with van der Waals surface area (Å²) in [4.78, 5) is 15.9. The molecule has 0 radical (unpaired) electrons. The molecule has 4 nitrogen and oxygen atoms in total. The van der Waals surface area contributed by atoms with Crippen molar-refractivity contribution in [2.45, 2.75) is 65.5 Å². The lowest BCUT2D eigenvalue weighted by atomic mass is 9.83. The first-order valence-electron chi connectivity index (χ1n) is 12.3. The maximum atomic E-state index is 13.4. The normalized spacial score (nSPS) is 23.2. The standard InChI is InChI=1S/C28H39N3O/c1-21-11-12-25(17-22(21)2)30-27(32)28(14-7-8-15-28)20-29-26-13-16-31(18-23(26)3)19-24-9-5-4-6-10-24/h4-6,9-12,17,23,26,29H,7-8,13-16,18-20H2,1-3H3,(H,30,32). The lowest BCUT2D eigenvalue weighted by Crippen LogP contribution is -2.52. The van der Waals surface area contributed by atoms with E-state index in [4.69, 9.17) is 0 Å². The summed E-state index contributed by atoms with van der Waals surface area (Å²) in [5.74, 6) is 0.772. The minimum atomic E-state index is -0.278. The van der Waals surface area contributed by atoms with Crippen LogP contribution in [0, 0.1) is 25.2 Å². The number of hydrogen-bond acceptors (Lipinski definition) is 3. The van der Waals surface area contributed by atoms with Gasteiger partial charge >= 0.3 is 0 Å². The van der Waals surface area contributed by atoms with Crippen molar-refractivity contribution in [1.82, 2.24) is 10.2 Å². The summed E-state index contributed by atoms with van der Waals surface area (Å²) in [5.41, 5.74) is 4.51. The van der Waals surface area contributed by atoms with E-state index in [1.54, 1.807) is 0 Å². The lowest BCUT2D eigenvalue weighted by Gasteiger charge is -2.39. The Morgan fingerprint density at radius 2 is 1.81 bits per heavy atom. The molecule has 2 aromatic carbocycles. The zero-order chi connectivity index (χ0) is 22.6. The highest BCUT2D eigenvalue weighted by atomic mass is 16.2. The molecule has 172 valence electrons. The zero-order valence-corrected chi connectivity index (χ0v) is 20.0. The molecule has 2 unspecified atom stereocenters. The summed E-state index contributed by atoms with van der Waals surface area (Å²) in [6.07, 6.45) is 5.40. The maximum Gasteiger partial charge on any atom is 0.231 e. The molecule has 2 N–H and O–H groups in total. The molecule has 2 aliphatic rings. The van der Waals surface area contributed by atoms with Crippen molar-refractivity contribution in [3.8, 4) is 0 Å². The van der Waals surface area contributed by atoms with Crippen molar-refractivity contribution in [2.75, 3.05) is 25.0 Å². The number of nitrogens with one attached hydrogen (secondary N) is 2. The number of anilines is 1. The second-order valence-electron chi connectivity index (χ2n) is 10.2. The number of carbonyl (C=O) groups is 1. The number of likely N-dealkylation sites (tertiary alicyclic amines) is 1. The average molecular weight is 434 g/mol. The Bertz CT molecular complexity index is 904. The van der Waals surface area contributed by atoms with E-state index in [2.05, 4.69) is 78.8 Å². The van der Waals surface area contributed by atoms with Gasteiger partial charge in [0.25, 0.3) is 0 Å². The Balaban J connectivity index is 1.33. The first kappa shape index (κ1) is 23.0. The van der Waals surface area contributed by atoms with E-state index < -0.39 is 0 Å². The fourth-order valence-corrected chi connectivity index (χ4v) is 5.47.